The highest BCUT2D eigenvalue weighted by molar-refractivity contribution is 7.09. The summed E-state index contributed by atoms with van der Waals surface area (Å²) in [4.78, 5) is 15.5. The van der Waals surface area contributed by atoms with E-state index in [-0.39, 0.29) is 16.9 Å². The van der Waals surface area contributed by atoms with Gasteiger partial charge in [0.05, 0.1) is 6.54 Å². The van der Waals surface area contributed by atoms with Crippen LogP contribution in [0.5, 0.6) is 0 Å². The first-order valence-corrected chi connectivity index (χ1v) is 7.97. The summed E-state index contributed by atoms with van der Waals surface area (Å²) in [5.74, 6) is 0.0957. The summed E-state index contributed by atoms with van der Waals surface area (Å²) in [7, 11) is 1.98. The Morgan fingerprint density at radius 1 is 1.30 bits per heavy atom. The van der Waals surface area contributed by atoms with E-state index in [9.17, 15) is 4.79 Å². The number of carbonyl (C=O) groups is 1. The van der Waals surface area contributed by atoms with Crippen molar-refractivity contribution in [2.75, 3.05) is 13.6 Å². The fraction of sp³-hybridized carbons (Fsp3) is 0.688. The first kappa shape index (κ1) is 17.2. The molecule has 1 N–H and O–H groups in total. The van der Waals surface area contributed by atoms with Gasteiger partial charge >= 0.3 is 0 Å². The summed E-state index contributed by atoms with van der Waals surface area (Å²) in [5, 5.41) is 5.21. The minimum absolute atomic E-state index is 0.0957. The largest absolute Gasteiger partial charge is 0.350 e. The summed E-state index contributed by atoms with van der Waals surface area (Å²) in [6.45, 7) is 12.0. The summed E-state index contributed by atoms with van der Waals surface area (Å²) in [5.41, 5.74) is 0.0404. The van der Waals surface area contributed by atoms with E-state index >= 15 is 0 Å². The fourth-order valence-electron chi connectivity index (χ4n) is 2.76. The second kappa shape index (κ2) is 6.72. The highest BCUT2D eigenvalue weighted by Crippen LogP contribution is 2.26. The number of likely N-dealkylation sites (N-methyl/N-ethyl adjacent to an activating group) is 1. The maximum atomic E-state index is 12.1. The van der Waals surface area contributed by atoms with Gasteiger partial charge in [-0.3, -0.25) is 9.69 Å². The monoisotopic (exact) mass is 296 g/mol. The second-order valence-corrected chi connectivity index (χ2v) is 8.45. The van der Waals surface area contributed by atoms with E-state index < -0.39 is 0 Å². The third-order valence-electron chi connectivity index (χ3n) is 2.87. The number of nitrogens with one attached hydrogen (secondary N) is 1. The SMILES string of the molecule is CN(CC(=O)NC(C)(C)CC(C)(C)C)Cc1cccs1. The quantitative estimate of drug-likeness (QED) is 0.871. The van der Waals surface area contributed by atoms with E-state index in [1.807, 2.05) is 18.0 Å². The molecular weight excluding hydrogens is 268 g/mol. The van der Waals surface area contributed by atoms with Crippen LogP contribution in [-0.2, 0) is 11.3 Å². The molecule has 0 aromatic carbocycles. The van der Waals surface area contributed by atoms with Crippen LogP contribution in [0, 0.1) is 5.41 Å². The minimum atomic E-state index is -0.168. The molecule has 0 fully saturated rings. The van der Waals surface area contributed by atoms with E-state index in [0.717, 1.165) is 13.0 Å². The molecular formula is C16H28N2OS. The first-order valence-electron chi connectivity index (χ1n) is 7.09. The van der Waals surface area contributed by atoms with Crippen molar-refractivity contribution in [3.05, 3.63) is 22.4 Å². The zero-order chi connectivity index (χ0) is 15.4. The van der Waals surface area contributed by atoms with Crippen molar-refractivity contribution in [1.29, 1.82) is 0 Å². The second-order valence-electron chi connectivity index (χ2n) is 7.42. The first-order chi connectivity index (χ1) is 9.07. The lowest BCUT2D eigenvalue weighted by molar-refractivity contribution is -0.123. The molecule has 0 aliphatic rings. The van der Waals surface area contributed by atoms with Gasteiger partial charge in [-0.25, -0.2) is 0 Å². The van der Waals surface area contributed by atoms with Crippen molar-refractivity contribution < 1.29 is 4.79 Å². The molecule has 1 rings (SSSR count). The topological polar surface area (TPSA) is 32.3 Å². The number of amides is 1. The van der Waals surface area contributed by atoms with Gasteiger partial charge in [0, 0.05) is 17.0 Å². The maximum absolute atomic E-state index is 12.1. The average Bonchev–Trinajstić information content (AvgIpc) is 2.63. The van der Waals surface area contributed by atoms with E-state index in [2.05, 4.69) is 51.4 Å². The van der Waals surface area contributed by atoms with Crippen LogP contribution in [0.25, 0.3) is 0 Å². The Labute approximate surface area is 127 Å². The molecule has 0 bridgehead atoms. The number of rotatable bonds is 6. The molecule has 1 aromatic rings. The summed E-state index contributed by atoms with van der Waals surface area (Å²) in [6.07, 6.45) is 0.959. The van der Waals surface area contributed by atoms with Gasteiger partial charge in [-0.1, -0.05) is 26.8 Å². The van der Waals surface area contributed by atoms with Gasteiger partial charge in [-0.05, 0) is 44.2 Å². The zero-order valence-corrected chi connectivity index (χ0v) is 14.4. The molecule has 0 aliphatic heterocycles. The minimum Gasteiger partial charge on any atom is -0.350 e. The van der Waals surface area contributed by atoms with Gasteiger partial charge < -0.3 is 5.32 Å². The smallest absolute Gasteiger partial charge is 0.234 e. The van der Waals surface area contributed by atoms with Gasteiger partial charge in [0.1, 0.15) is 0 Å². The van der Waals surface area contributed by atoms with Crippen molar-refractivity contribution in [3.8, 4) is 0 Å². The van der Waals surface area contributed by atoms with E-state index in [1.54, 1.807) is 11.3 Å². The van der Waals surface area contributed by atoms with Gasteiger partial charge in [0.2, 0.25) is 5.91 Å². The van der Waals surface area contributed by atoms with Crippen molar-refractivity contribution in [2.45, 2.75) is 53.1 Å². The molecule has 0 atom stereocenters. The molecule has 3 nitrogen and oxygen atoms in total. The maximum Gasteiger partial charge on any atom is 0.234 e. The molecule has 0 aliphatic carbocycles. The van der Waals surface area contributed by atoms with Crippen LogP contribution in [0.1, 0.15) is 45.9 Å². The molecule has 0 spiro atoms. The molecule has 114 valence electrons. The number of carbonyl (C=O) groups excluding carboxylic acids is 1. The molecule has 20 heavy (non-hydrogen) atoms. The normalized spacial score (nSPS) is 12.8. The Bertz CT molecular complexity index is 418. The van der Waals surface area contributed by atoms with Crippen molar-refractivity contribution >= 4 is 17.2 Å². The lowest BCUT2D eigenvalue weighted by atomic mass is 9.82. The predicted octanol–water partition coefficient (Wildman–Crippen LogP) is 3.51. The van der Waals surface area contributed by atoms with E-state index in [4.69, 9.17) is 0 Å². The summed E-state index contributed by atoms with van der Waals surface area (Å²) < 4.78 is 0. The average molecular weight is 296 g/mol. The lowest BCUT2D eigenvalue weighted by Gasteiger charge is -2.33. The highest BCUT2D eigenvalue weighted by Gasteiger charge is 2.27. The lowest BCUT2D eigenvalue weighted by Crippen LogP contribution is -2.48. The Morgan fingerprint density at radius 2 is 1.95 bits per heavy atom. The third kappa shape index (κ3) is 7.06. The molecule has 1 heterocycles. The predicted molar refractivity (Wildman–Crippen MR) is 86.9 cm³/mol. The van der Waals surface area contributed by atoms with Crippen LogP contribution in [0.2, 0.25) is 0 Å². The molecule has 0 saturated heterocycles. The summed E-state index contributed by atoms with van der Waals surface area (Å²) in [6, 6.07) is 4.14. The molecule has 1 amide bonds. The van der Waals surface area contributed by atoms with Crippen LogP contribution in [0.4, 0.5) is 0 Å². The third-order valence-corrected chi connectivity index (χ3v) is 3.73. The van der Waals surface area contributed by atoms with Gasteiger partial charge in [-0.2, -0.15) is 0 Å². The Kier molecular flexibility index (Phi) is 5.78. The van der Waals surface area contributed by atoms with Gasteiger partial charge in [0.25, 0.3) is 0 Å². The van der Waals surface area contributed by atoms with Crippen molar-refractivity contribution in [1.82, 2.24) is 10.2 Å². The number of hydrogen-bond acceptors (Lipinski definition) is 3. The van der Waals surface area contributed by atoms with Gasteiger partial charge in [0.15, 0.2) is 0 Å². The number of nitrogens with zero attached hydrogens (tertiary/aromatic N) is 1. The van der Waals surface area contributed by atoms with Crippen LogP contribution in [0.3, 0.4) is 0 Å². The van der Waals surface area contributed by atoms with Crippen LogP contribution < -0.4 is 5.32 Å². The molecule has 0 unspecified atom stereocenters. The van der Waals surface area contributed by atoms with Gasteiger partial charge in [-0.15, -0.1) is 11.3 Å². The van der Waals surface area contributed by atoms with Crippen molar-refractivity contribution in [3.63, 3.8) is 0 Å². The number of thiophene rings is 1. The van der Waals surface area contributed by atoms with E-state index in [0.29, 0.717) is 6.54 Å². The van der Waals surface area contributed by atoms with Crippen LogP contribution >= 0.6 is 11.3 Å². The molecule has 0 radical (unpaired) electrons. The highest BCUT2D eigenvalue weighted by atomic mass is 32.1. The van der Waals surface area contributed by atoms with Crippen molar-refractivity contribution in [2.24, 2.45) is 5.41 Å². The molecule has 4 heteroatoms. The Balaban J connectivity index is 2.42. The summed E-state index contributed by atoms with van der Waals surface area (Å²) >= 11 is 1.73. The van der Waals surface area contributed by atoms with E-state index in [1.165, 1.54) is 4.88 Å². The van der Waals surface area contributed by atoms with Crippen LogP contribution in [0.15, 0.2) is 17.5 Å². The number of hydrogen-bond donors (Lipinski definition) is 1. The Morgan fingerprint density at radius 3 is 2.45 bits per heavy atom. The molecule has 1 aromatic heterocycles. The Hall–Kier alpha value is -0.870. The zero-order valence-electron chi connectivity index (χ0n) is 13.6. The fourth-order valence-corrected chi connectivity index (χ4v) is 3.54. The molecule has 0 saturated carbocycles. The van der Waals surface area contributed by atoms with Crippen LogP contribution in [-0.4, -0.2) is 29.9 Å². The standard InChI is InChI=1S/C16H28N2OS/c1-15(2,3)12-16(4,5)17-14(19)11-18(6)10-13-8-7-9-20-13/h7-9H,10-12H2,1-6H3,(H,17,19).